The Hall–Kier alpha value is -0.980. The van der Waals surface area contributed by atoms with Gasteiger partial charge in [0, 0.05) is 10.6 Å². The molecular formula is C10H8ClNOS. The largest absolute Gasteiger partial charge is 0.293 e. The summed E-state index contributed by atoms with van der Waals surface area (Å²) in [6, 6.07) is 8.73. The number of Topliss-reactive ketones (excluding diaryl/α,β-unsaturated/α-hetero) is 1. The van der Waals surface area contributed by atoms with Crippen molar-refractivity contribution in [2.45, 2.75) is 0 Å². The van der Waals surface area contributed by atoms with E-state index >= 15 is 0 Å². The van der Waals surface area contributed by atoms with E-state index in [0.29, 0.717) is 22.1 Å². The second-order valence-corrected chi connectivity index (χ2v) is 4.00. The molecule has 0 unspecified atom stereocenters. The summed E-state index contributed by atoms with van der Waals surface area (Å²) in [5, 5.41) is 8.90. The van der Waals surface area contributed by atoms with Gasteiger partial charge in [-0.15, -0.1) is 11.8 Å². The Kier molecular flexibility index (Phi) is 4.51. The summed E-state index contributed by atoms with van der Waals surface area (Å²) in [6.45, 7) is 0. The van der Waals surface area contributed by atoms with E-state index in [1.807, 2.05) is 6.07 Å². The summed E-state index contributed by atoms with van der Waals surface area (Å²) in [7, 11) is 0. The molecule has 0 atom stereocenters. The van der Waals surface area contributed by atoms with Gasteiger partial charge in [0.05, 0.1) is 17.6 Å². The van der Waals surface area contributed by atoms with Crippen LogP contribution in [0.25, 0.3) is 0 Å². The number of thioether (sulfide) groups is 1. The molecular weight excluding hydrogens is 218 g/mol. The van der Waals surface area contributed by atoms with Crippen LogP contribution >= 0.6 is 23.4 Å². The maximum atomic E-state index is 11.5. The van der Waals surface area contributed by atoms with Crippen molar-refractivity contribution in [1.82, 2.24) is 0 Å². The van der Waals surface area contributed by atoms with E-state index in [4.69, 9.17) is 16.9 Å². The number of ketones is 1. The molecule has 0 aromatic heterocycles. The molecule has 4 heteroatoms. The Morgan fingerprint density at radius 2 is 2.07 bits per heavy atom. The Morgan fingerprint density at radius 1 is 1.43 bits per heavy atom. The lowest BCUT2D eigenvalue weighted by Crippen LogP contribution is -2.02. The molecule has 0 aliphatic rings. The average Bonchev–Trinajstić information content (AvgIpc) is 2.19. The number of rotatable bonds is 4. The van der Waals surface area contributed by atoms with Crippen molar-refractivity contribution in [3.63, 3.8) is 0 Å². The lowest BCUT2D eigenvalue weighted by Gasteiger charge is -1.98. The molecule has 0 N–H and O–H groups in total. The summed E-state index contributed by atoms with van der Waals surface area (Å²) in [6.07, 6.45) is 0. The summed E-state index contributed by atoms with van der Waals surface area (Å²) < 4.78 is 0. The molecule has 1 aromatic carbocycles. The van der Waals surface area contributed by atoms with Crippen LogP contribution in [0.3, 0.4) is 0 Å². The van der Waals surface area contributed by atoms with Crippen LogP contribution in [0.2, 0.25) is 5.02 Å². The maximum Gasteiger partial charge on any atom is 0.172 e. The fraction of sp³-hybridized carbons (Fsp3) is 0.200. The van der Waals surface area contributed by atoms with Gasteiger partial charge in [0.1, 0.15) is 0 Å². The first-order chi connectivity index (χ1) is 6.74. The van der Waals surface area contributed by atoms with Crippen LogP contribution in [0.4, 0.5) is 0 Å². The van der Waals surface area contributed by atoms with E-state index in [1.54, 1.807) is 24.3 Å². The van der Waals surface area contributed by atoms with Crippen molar-refractivity contribution in [2.24, 2.45) is 0 Å². The maximum absolute atomic E-state index is 11.5. The van der Waals surface area contributed by atoms with Gasteiger partial charge in [0.15, 0.2) is 5.78 Å². The molecule has 0 amide bonds. The zero-order valence-electron chi connectivity index (χ0n) is 7.37. The summed E-state index contributed by atoms with van der Waals surface area (Å²) in [4.78, 5) is 11.5. The third kappa shape index (κ3) is 3.41. The second kappa shape index (κ2) is 5.69. The number of hydrogen-bond acceptors (Lipinski definition) is 3. The molecule has 2 nitrogen and oxygen atoms in total. The van der Waals surface area contributed by atoms with Gasteiger partial charge in [0.25, 0.3) is 0 Å². The van der Waals surface area contributed by atoms with Crippen molar-refractivity contribution in [2.75, 3.05) is 11.5 Å². The predicted octanol–water partition coefficient (Wildman–Crippen LogP) is 2.78. The van der Waals surface area contributed by atoms with Crippen LogP contribution in [-0.4, -0.2) is 17.3 Å². The molecule has 0 aliphatic carbocycles. The minimum absolute atomic E-state index is 0.0296. The smallest absolute Gasteiger partial charge is 0.172 e. The summed E-state index contributed by atoms with van der Waals surface area (Å²) >= 11 is 7.00. The number of nitrogens with zero attached hydrogens (tertiary/aromatic N) is 1. The standard InChI is InChI=1S/C10H8ClNOS/c11-9-3-1-8(2-4-9)10(13)7-14-6-5-12/h1-4H,6-7H2. The lowest BCUT2D eigenvalue weighted by molar-refractivity contribution is 0.102. The van der Waals surface area contributed by atoms with E-state index in [2.05, 4.69) is 0 Å². The van der Waals surface area contributed by atoms with Gasteiger partial charge in [-0.25, -0.2) is 0 Å². The van der Waals surface area contributed by atoms with Gasteiger partial charge in [-0.3, -0.25) is 4.79 Å². The van der Waals surface area contributed by atoms with Crippen molar-refractivity contribution in [3.8, 4) is 6.07 Å². The van der Waals surface area contributed by atoms with Gasteiger partial charge >= 0.3 is 0 Å². The van der Waals surface area contributed by atoms with E-state index in [-0.39, 0.29) is 5.78 Å². The topological polar surface area (TPSA) is 40.9 Å². The van der Waals surface area contributed by atoms with Crippen LogP contribution < -0.4 is 0 Å². The minimum atomic E-state index is 0.0296. The number of benzene rings is 1. The Bertz CT molecular complexity index is 355. The zero-order chi connectivity index (χ0) is 10.4. The van der Waals surface area contributed by atoms with Crippen molar-refractivity contribution in [3.05, 3.63) is 34.9 Å². The van der Waals surface area contributed by atoms with Gasteiger partial charge in [-0.1, -0.05) is 11.6 Å². The van der Waals surface area contributed by atoms with Gasteiger partial charge in [-0.2, -0.15) is 5.26 Å². The summed E-state index contributed by atoms with van der Waals surface area (Å²) in [5.41, 5.74) is 0.639. The zero-order valence-corrected chi connectivity index (χ0v) is 8.94. The molecule has 0 bridgehead atoms. The highest BCUT2D eigenvalue weighted by Gasteiger charge is 2.04. The molecule has 72 valence electrons. The fourth-order valence-electron chi connectivity index (χ4n) is 0.908. The SMILES string of the molecule is N#CCSCC(=O)c1ccc(Cl)cc1. The third-order valence-electron chi connectivity index (χ3n) is 1.57. The summed E-state index contributed by atoms with van der Waals surface area (Å²) in [5.74, 6) is 0.719. The van der Waals surface area contributed by atoms with E-state index in [0.717, 1.165) is 0 Å². The molecule has 0 radical (unpaired) electrons. The minimum Gasteiger partial charge on any atom is -0.293 e. The molecule has 0 spiro atoms. The molecule has 0 aliphatic heterocycles. The highest BCUT2D eigenvalue weighted by atomic mass is 35.5. The average molecular weight is 226 g/mol. The Balaban J connectivity index is 2.53. The lowest BCUT2D eigenvalue weighted by atomic mass is 10.1. The van der Waals surface area contributed by atoms with Crippen LogP contribution in [0.5, 0.6) is 0 Å². The number of halogens is 1. The predicted molar refractivity (Wildman–Crippen MR) is 58.7 cm³/mol. The first-order valence-corrected chi connectivity index (χ1v) is 5.51. The molecule has 0 saturated carbocycles. The number of carbonyl (C=O) groups excluding carboxylic acids is 1. The first kappa shape index (κ1) is 11.1. The van der Waals surface area contributed by atoms with Gasteiger partial charge in [-0.05, 0) is 24.3 Å². The molecule has 14 heavy (non-hydrogen) atoms. The van der Waals surface area contributed by atoms with Crippen LogP contribution in [0, 0.1) is 11.3 Å². The Labute approximate surface area is 91.9 Å². The van der Waals surface area contributed by atoms with Crippen LogP contribution in [0.15, 0.2) is 24.3 Å². The fourth-order valence-corrected chi connectivity index (χ4v) is 1.58. The molecule has 1 rings (SSSR count). The van der Waals surface area contributed by atoms with E-state index in [1.165, 1.54) is 11.8 Å². The second-order valence-electron chi connectivity index (χ2n) is 2.58. The molecule has 1 aromatic rings. The van der Waals surface area contributed by atoms with Crippen molar-refractivity contribution in [1.29, 1.82) is 5.26 Å². The van der Waals surface area contributed by atoms with E-state index < -0.39 is 0 Å². The van der Waals surface area contributed by atoms with Crippen molar-refractivity contribution < 1.29 is 4.79 Å². The van der Waals surface area contributed by atoms with Crippen LogP contribution in [-0.2, 0) is 0 Å². The number of hydrogen-bond donors (Lipinski definition) is 0. The highest BCUT2D eigenvalue weighted by Crippen LogP contribution is 2.11. The molecule has 0 fully saturated rings. The quantitative estimate of drug-likeness (QED) is 0.585. The van der Waals surface area contributed by atoms with Gasteiger partial charge in [0.2, 0.25) is 0 Å². The molecule has 0 saturated heterocycles. The number of carbonyl (C=O) groups is 1. The Morgan fingerprint density at radius 3 is 2.64 bits per heavy atom. The highest BCUT2D eigenvalue weighted by molar-refractivity contribution is 8.00. The van der Waals surface area contributed by atoms with Crippen LogP contribution in [0.1, 0.15) is 10.4 Å². The van der Waals surface area contributed by atoms with Gasteiger partial charge < -0.3 is 0 Å². The first-order valence-electron chi connectivity index (χ1n) is 3.97. The van der Waals surface area contributed by atoms with Crippen molar-refractivity contribution >= 4 is 29.1 Å². The molecule has 0 heterocycles. The number of nitriles is 1. The third-order valence-corrected chi connectivity index (χ3v) is 2.62. The normalized spacial score (nSPS) is 9.43. The monoisotopic (exact) mass is 225 g/mol. The van der Waals surface area contributed by atoms with E-state index in [9.17, 15) is 4.79 Å².